The van der Waals surface area contributed by atoms with Crippen molar-refractivity contribution >= 4 is 0 Å². The van der Waals surface area contributed by atoms with E-state index < -0.39 is 0 Å². The van der Waals surface area contributed by atoms with Crippen LogP contribution in [0.4, 0.5) is 0 Å². The monoisotopic (exact) mass is 251 g/mol. The first-order valence-electron chi connectivity index (χ1n) is 7.61. The first-order valence-corrected chi connectivity index (χ1v) is 7.61. The summed E-state index contributed by atoms with van der Waals surface area (Å²) in [6, 6.07) is 0. The molecular weight excluding hydrogens is 218 g/mol. The third kappa shape index (κ3) is 1.85. The molecule has 0 radical (unpaired) electrons. The number of hydrogen-bond donors (Lipinski definition) is 0. The van der Waals surface area contributed by atoms with Gasteiger partial charge < -0.3 is 0 Å². The third-order valence-corrected chi connectivity index (χ3v) is 5.61. The molecule has 0 aromatic heterocycles. The molecule has 3 atom stereocenters. The minimum atomic E-state index is 0.274. The van der Waals surface area contributed by atoms with Crippen LogP contribution in [0.5, 0.6) is 0 Å². The van der Waals surface area contributed by atoms with Gasteiger partial charge in [-0.3, -0.25) is 4.90 Å². The Morgan fingerprint density at radius 3 is 1.72 bits per heavy atom. The molecule has 1 nitrogen and oxygen atoms in total. The van der Waals surface area contributed by atoms with Crippen molar-refractivity contribution in [1.82, 2.24) is 4.90 Å². The van der Waals surface area contributed by atoms with E-state index in [4.69, 9.17) is 0 Å². The van der Waals surface area contributed by atoms with Crippen molar-refractivity contribution in [3.63, 3.8) is 0 Å². The van der Waals surface area contributed by atoms with Crippen molar-refractivity contribution in [2.45, 2.75) is 91.8 Å². The van der Waals surface area contributed by atoms with Gasteiger partial charge in [0, 0.05) is 16.6 Å². The second kappa shape index (κ2) is 3.53. The average molecular weight is 251 g/mol. The van der Waals surface area contributed by atoms with E-state index in [0.717, 1.165) is 11.8 Å². The van der Waals surface area contributed by atoms with Crippen LogP contribution in [0.3, 0.4) is 0 Å². The maximum atomic E-state index is 2.82. The fraction of sp³-hybridized carbons (Fsp3) is 1.00. The Morgan fingerprint density at radius 2 is 1.39 bits per heavy atom. The lowest BCUT2D eigenvalue weighted by molar-refractivity contribution is -0.0848. The Morgan fingerprint density at radius 1 is 0.889 bits per heavy atom. The predicted octanol–water partition coefficient (Wildman–Crippen LogP) is 4.71. The smallest absolute Gasteiger partial charge is 0.0198 e. The van der Waals surface area contributed by atoms with Crippen LogP contribution in [0.2, 0.25) is 0 Å². The quantitative estimate of drug-likeness (QED) is 0.602. The molecule has 2 bridgehead atoms. The van der Waals surface area contributed by atoms with E-state index in [1.807, 2.05) is 0 Å². The molecule has 0 aromatic carbocycles. The standard InChI is InChI=1S/C17H33N/c1-14(2,3)12-10-17(9)11-13(12)16(7,8)18(17)15(4,5)6/h12-13H,10-11H2,1-9H3/t12?,13-,17-/m0/s1. The zero-order valence-corrected chi connectivity index (χ0v) is 14.0. The van der Waals surface area contributed by atoms with Crippen molar-refractivity contribution in [2.24, 2.45) is 17.3 Å². The van der Waals surface area contributed by atoms with Gasteiger partial charge in [-0.25, -0.2) is 0 Å². The Bertz CT molecular complexity index is 337. The van der Waals surface area contributed by atoms with Gasteiger partial charge in [0.25, 0.3) is 0 Å². The SMILES string of the molecule is CC(C)(C)C1C[C@@]2(C)C[C@@H]1C(C)(C)N2C(C)(C)C. The highest BCUT2D eigenvalue weighted by Gasteiger charge is 2.65. The van der Waals surface area contributed by atoms with E-state index in [-0.39, 0.29) is 5.54 Å². The summed E-state index contributed by atoms with van der Waals surface area (Å²) < 4.78 is 0. The van der Waals surface area contributed by atoms with Gasteiger partial charge in [-0.2, -0.15) is 0 Å². The summed E-state index contributed by atoms with van der Waals surface area (Å²) in [5.74, 6) is 1.72. The molecule has 0 aromatic rings. The van der Waals surface area contributed by atoms with Crippen LogP contribution in [-0.4, -0.2) is 21.5 Å². The van der Waals surface area contributed by atoms with Gasteiger partial charge in [-0.15, -0.1) is 0 Å². The maximum Gasteiger partial charge on any atom is 0.0198 e. The van der Waals surface area contributed by atoms with Crippen molar-refractivity contribution in [3.05, 3.63) is 0 Å². The lowest BCUT2D eigenvalue weighted by Gasteiger charge is -2.57. The molecule has 2 rings (SSSR count). The van der Waals surface area contributed by atoms with Crippen LogP contribution < -0.4 is 0 Å². The summed E-state index contributed by atoms with van der Waals surface area (Å²) in [6.45, 7) is 21.9. The van der Waals surface area contributed by atoms with Crippen molar-refractivity contribution in [1.29, 1.82) is 0 Å². The van der Waals surface area contributed by atoms with E-state index in [1.54, 1.807) is 0 Å². The zero-order valence-electron chi connectivity index (χ0n) is 14.0. The summed E-state index contributed by atoms with van der Waals surface area (Å²) in [4.78, 5) is 2.82. The molecule has 2 aliphatic rings. The Balaban J connectivity index is 2.41. The van der Waals surface area contributed by atoms with Crippen LogP contribution in [0, 0.1) is 17.3 Å². The third-order valence-electron chi connectivity index (χ3n) is 5.61. The summed E-state index contributed by atoms with van der Waals surface area (Å²) >= 11 is 0. The molecule has 106 valence electrons. The van der Waals surface area contributed by atoms with Crippen LogP contribution in [0.1, 0.15) is 75.2 Å². The van der Waals surface area contributed by atoms with Gasteiger partial charge in [0.1, 0.15) is 0 Å². The molecule has 2 fully saturated rings. The van der Waals surface area contributed by atoms with Gasteiger partial charge >= 0.3 is 0 Å². The number of fused-ring (bicyclic) bond motifs is 2. The molecule has 0 spiro atoms. The molecule has 1 unspecified atom stereocenters. The van der Waals surface area contributed by atoms with E-state index >= 15 is 0 Å². The zero-order chi connectivity index (χ0) is 14.1. The molecule has 0 amide bonds. The fourth-order valence-electron chi connectivity index (χ4n) is 5.69. The molecular formula is C17H33N. The first-order chi connectivity index (χ1) is 7.80. The highest BCUT2D eigenvalue weighted by atomic mass is 15.3. The number of piperidine rings is 1. The number of hydrogen-bond acceptors (Lipinski definition) is 1. The first kappa shape index (κ1) is 14.4. The molecule has 0 N–H and O–H groups in total. The van der Waals surface area contributed by atoms with Gasteiger partial charge in [0.15, 0.2) is 0 Å². The molecule has 1 aliphatic carbocycles. The largest absolute Gasteiger partial charge is 0.288 e. The summed E-state index contributed by atoms with van der Waals surface area (Å²) in [5.41, 5.74) is 1.47. The van der Waals surface area contributed by atoms with Gasteiger partial charge in [0.05, 0.1) is 0 Å². The number of nitrogens with zero attached hydrogens (tertiary/aromatic N) is 1. The molecule has 1 saturated carbocycles. The molecule has 1 saturated heterocycles. The van der Waals surface area contributed by atoms with Crippen molar-refractivity contribution < 1.29 is 0 Å². The summed E-state index contributed by atoms with van der Waals surface area (Å²) in [7, 11) is 0. The van der Waals surface area contributed by atoms with Crippen molar-refractivity contribution in [2.75, 3.05) is 0 Å². The lowest BCUT2D eigenvalue weighted by atomic mass is 9.66. The van der Waals surface area contributed by atoms with Crippen LogP contribution >= 0.6 is 0 Å². The Labute approximate surface area is 114 Å². The summed E-state index contributed by atoms with van der Waals surface area (Å²) in [6.07, 6.45) is 2.76. The van der Waals surface area contributed by atoms with E-state index in [9.17, 15) is 0 Å². The van der Waals surface area contributed by atoms with E-state index in [0.29, 0.717) is 16.5 Å². The Hall–Kier alpha value is -0.0400. The molecule has 1 aliphatic heterocycles. The molecule has 18 heavy (non-hydrogen) atoms. The Kier molecular flexibility index (Phi) is 2.82. The highest BCUT2D eigenvalue weighted by molar-refractivity contribution is 5.19. The van der Waals surface area contributed by atoms with Crippen LogP contribution in [0.15, 0.2) is 0 Å². The fourth-order valence-corrected chi connectivity index (χ4v) is 5.69. The van der Waals surface area contributed by atoms with Crippen LogP contribution in [-0.2, 0) is 0 Å². The topological polar surface area (TPSA) is 3.24 Å². The second-order valence-corrected chi connectivity index (χ2v) is 9.64. The van der Waals surface area contributed by atoms with E-state index in [2.05, 4.69) is 67.2 Å². The van der Waals surface area contributed by atoms with Gasteiger partial charge in [-0.1, -0.05) is 20.8 Å². The summed E-state index contributed by atoms with van der Waals surface area (Å²) in [5, 5.41) is 0. The number of likely N-dealkylation sites (tertiary alicyclic amines) is 1. The predicted molar refractivity (Wildman–Crippen MR) is 79.7 cm³/mol. The van der Waals surface area contributed by atoms with E-state index in [1.165, 1.54) is 12.8 Å². The lowest BCUT2D eigenvalue weighted by Crippen LogP contribution is -2.64. The molecule has 1 heteroatoms. The normalized spacial score (nSPS) is 40.5. The minimum Gasteiger partial charge on any atom is -0.288 e. The molecule has 1 heterocycles. The maximum absolute atomic E-state index is 2.82. The second-order valence-electron chi connectivity index (χ2n) is 9.64. The van der Waals surface area contributed by atoms with Crippen molar-refractivity contribution in [3.8, 4) is 0 Å². The van der Waals surface area contributed by atoms with Gasteiger partial charge in [0.2, 0.25) is 0 Å². The van der Waals surface area contributed by atoms with Gasteiger partial charge in [-0.05, 0) is 71.6 Å². The minimum absolute atomic E-state index is 0.274. The van der Waals surface area contributed by atoms with Crippen LogP contribution in [0.25, 0.3) is 0 Å². The highest BCUT2D eigenvalue weighted by Crippen LogP contribution is 2.63. The number of rotatable bonds is 0. The average Bonchev–Trinajstić information content (AvgIpc) is 2.47.